The van der Waals surface area contributed by atoms with Crippen molar-refractivity contribution in [2.24, 2.45) is 4.99 Å². The zero-order valence-corrected chi connectivity index (χ0v) is 15.6. The number of carbonyl (C=O) groups is 2. The highest BCUT2D eigenvalue weighted by Crippen LogP contribution is 2.24. The van der Waals surface area contributed by atoms with Crippen molar-refractivity contribution in [2.75, 3.05) is 20.2 Å². The predicted octanol–water partition coefficient (Wildman–Crippen LogP) is 2.81. The van der Waals surface area contributed by atoms with Crippen molar-refractivity contribution in [3.63, 3.8) is 0 Å². The lowest BCUT2D eigenvalue weighted by Crippen LogP contribution is -2.43. The van der Waals surface area contributed by atoms with Gasteiger partial charge in [0, 0.05) is 30.9 Å². The van der Waals surface area contributed by atoms with E-state index >= 15 is 0 Å². The molecule has 1 amide bonds. The first kappa shape index (κ1) is 18.0. The Morgan fingerprint density at radius 2 is 1.96 bits per heavy atom. The van der Waals surface area contributed by atoms with Gasteiger partial charge in [0.25, 0.3) is 0 Å². The SMILES string of the molecule is COC(=O)NC1CCN(/C=C2/N=C(c3cccc4ccccc34)OC2=O)CC1. The van der Waals surface area contributed by atoms with Crippen molar-refractivity contribution in [1.29, 1.82) is 0 Å². The van der Waals surface area contributed by atoms with Gasteiger partial charge in [-0.15, -0.1) is 0 Å². The topological polar surface area (TPSA) is 80.2 Å². The molecule has 2 aromatic carbocycles. The molecule has 2 aliphatic heterocycles. The molecular formula is C21H21N3O4. The number of nitrogens with zero attached hydrogens (tertiary/aromatic N) is 2. The summed E-state index contributed by atoms with van der Waals surface area (Å²) in [6, 6.07) is 13.8. The number of rotatable bonds is 3. The zero-order valence-electron chi connectivity index (χ0n) is 15.6. The summed E-state index contributed by atoms with van der Waals surface area (Å²) in [6.07, 6.45) is 2.87. The Morgan fingerprint density at radius 3 is 2.75 bits per heavy atom. The molecule has 0 spiro atoms. The third-order valence-electron chi connectivity index (χ3n) is 4.98. The fourth-order valence-electron chi connectivity index (χ4n) is 3.50. The number of likely N-dealkylation sites (tertiary alicyclic amines) is 1. The third-order valence-corrected chi connectivity index (χ3v) is 4.98. The van der Waals surface area contributed by atoms with Crippen LogP contribution in [0.5, 0.6) is 0 Å². The summed E-state index contributed by atoms with van der Waals surface area (Å²) in [5, 5.41) is 4.87. The summed E-state index contributed by atoms with van der Waals surface area (Å²) in [7, 11) is 1.35. The van der Waals surface area contributed by atoms with Crippen molar-refractivity contribution in [3.8, 4) is 0 Å². The van der Waals surface area contributed by atoms with Gasteiger partial charge in [-0.3, -0.25) is 0 Å². The average molecular weight is 379 g/mol. The summed E-state index contributed by atoms with van der Waals surface area (Å²) in [5.74, 6) is -0.118. The van der Waals surface area contributed by atoms with Gasteiger partial charge < -0.3 is 19.7 Å². The zero-order chi connectivity index (χ0) is 19.5. The number of nitrogens with one attached hydrogen (secondary N) is 1. The smallest absolute Gasteiger partial charge is 0.407 e. The summed E-state index contributed by atoms with van der Waals surface area (Å²) >= 11 is 0. The molecule has 2 heterocycles. The Labute approximate surface area is 162 Å². The first-order chi connectivity index (χ1) is 13.6. The molecule has 2 aromatic rings. The number of fused-ring (bicyclic) bond motifs is 1. The molecule has 0 bridgehead atoms. The van der Waals surface area contributed by atoms with Gasteiger partial charge in [-0.2, -0.15) is 0 Å². The monoisotopic (exact) mass is 379 g/mol. The number of hydrogen-bond acceptors (Lipinski definition) is 6. The van der Waals surface area contributed by atoms with Gasteiger partial charge in [0.2, 0.25) is 5.90 Å². The minimum absolute atomic E-state index is 0.0763. The first-order valence-corrected chi connectivity index (χ1v) is 9.23. The van der Waals surface area contributed by atoms with E-state index in [0.717, 1.165) is 29.2 Å². The van der Waals surface area contributed by atoms with E-state index in [1.165, 1.54) is 7.11 Å². The molecule has 4 rings (SSSR count). The molecule has 7 heteroatoms. The molecule has 1 N–H and O–H groups in total. The van der Waals surface area contributed by atoms with E-state index in [-0.39, 0.29) is 6.04 Å². The van der Waals surface area contributed by atoms with Crippen LogP contribution < -0.4 is 5.32 Å². The van der Waals surface area contributed by atoms with E-state index in [1.54, 1.807) is 6.20 Å². The highest BCUT2D eigenvalue weighted by atomic mass is 16.6. The van der Waals surface area contributed by atoms with Gasteiger partial charge in [-0.25, -0.2) is 14.6 Å². The summed E-state index contributed by atoms with van der Waals surface area (Å²) in [6.45, 7) is 1.43. The van der Waals surface area contributed by atoms with E-state index in [9.17, 15) is 9.59 Å². The second-order valence-electron chi connectivity index (χ2n) is 6.79. The van der Waals surface area contributed by atoms with Crippen LogP contribution in [-0.2, 0) is 14.3 Å². The van der Waals surface area contributed by atoms with E-state index in [4.69, 9.17) is 4.74 Å². The quantitative estimate of drug-likeness (QED) is 0.655. The largest absolute Gasteiger partial charge is 0.453 e. The van der Waals surface area contributed by atoms with Crippen molar-refractivity contribution in [1.82, 2.24) is 10.2 Å². The molecule has 144 valence electrons. The molecule has 0 radical (unpaired) electrons. The number of cyclic esters (lactones) is 1. The molecule has 28 heavy (non-hydrogen) atoms. The van der Waals surface area contributed by atoms with E-state index in [2.05, 4.69) is 15.0 Å². The van der Waals surface area contributed by atoms with Crippen molar-refractivity contribution >= 4 is 28.7 Å². The Kier molecular flexibility index (Phi) is 4.97. The number of amides is 1. The third kappa shape index (κ3) is 3.69. The Morgan fingerprint density at radius 1 is 1.21 bits per heavy atom. The number of esters is 1. The molecule has 7 nitrogen and oxygen atoms in total. The number of alkyl carbamates (subject to hydrolysis) is 1. The molecule has 0 aromatic heterocycles. The summed E-state index contributed by atoms with van der Waals surface area (Å²) in [5.41, 5.74) is 1.10. The Balaban J connectivity index is 1.49. The minimum atomic E-state index is -0.447. The molecule has 0 aliphatic carbocycles. The lowest BCUT2D eigenvalue weighted by Gasteiger charge is -2.31. The highest BCUT2D eigenvalue weighted by molar-refractivity contribution is 6.16. The van der Waals surface area contributed by atoms with Crippen LogP contribution in [0.2, 0.25) is 0 Å². The Hall–Kier alpha value is -3.35. The van der Waals surface area contributed by atoms with Gasteiger partial charge in [0.15, 0.2) is 5.70 Å². The van der Waals surface area contributed by atoms with Crippen LogP contribution in [0.25, 0.3) is 10.8 Å². The van der Waals surface area contributed by atoms with Crippen LogP contribution in [0.3, 0.4) is 0 Å². The normalized spacial score (nSPS) is 18.9. The number of benzene rings is 2. The molecule has 1 saturated heterocycles. The minimum Gasteiger partial charge on any atom is -0.453 e. The molecule has 0 saturated carbocycles. The molecule has 0 atom stereocenters. The van der Waals surface area contributed by atoms with Crippen LogP contribution in [0.15, 0.2) is 59.4 Å². The van der Waals surface area contributed by atoms with Gasteiger partial charge in [0.1, 0.15) is 0 Å². The second-order valence-corrected chi connectivity index (χ2v) is 6.79. The lowest BCUT2D eigenvalue weighted by atomic mass is 10.0. The van der Waals surface area contributed by atoms with Gasteiger partial charge >= 0.3 is 12.1 Å². The number of methoxy groups -OCH3 is 1. The second kappa shape index (κ2) is 7.72. The Bertz CT molecular complexity index is 969. The predicted molar refractivity (Wildman–Crippen MR) is 105 cm³/mol. The maximum Gasteiger partial charge on any atom is 0.407 e. The van der Waals surface area contributed by atoms with Gasteiger partial charge in [-0.05, 0) is 29.7 Å². The number of carbonyl (C=O) groups excluding carboxylic acids is 2. The average Bonchev–Trinajstić information content (AvgIpc) is 3.09. The van der Waals surface area contributed by atoms with Crippen LogP contribution in [-0.4, -0.2) is 49.1 Å². The van der Waals surface area contributed by atoms with Gasteiger partial charge in [0.05, 0.1) is 7.11 Å². The number of piperidine rings is 1. The van der Waals surface area contributed by atoms with Crippen molar-refractivity contribution in [2.45, 2.75) is 18.9 Å². The number of aliphatic imine (C=N–C) groups is 1. The molecule has 2 aliphatic rings. The van der Waals surface area contributed by atoms with Crippen LogP contribution in [0.4, 0.5) is 4.79 Å². The number of hydrogen-bond donors (Lipinski definition) is 1. The van der Waals surface area contributed by atoms with E-state index in [1.807, 2.05) is 47.4 Å². The molecule has 1 fully saturated rings. The summed E-state index contributed by atoms with van der Waals surface area (Å²) in [4.78, 5) is 30.1. The first-order valence-electron chi connectivity index (χ1n) is 9.23. The van der Waals surface area contributed by atoms with E-state index in [0.29, 0.717) is 24.7 Å². The molecular weight excluding hydrogens is 358 g/mol. The lowest BCUT2D eigenvalue weighted by molar-refractivity contribution is -0.130. The number of ether oxygens (including phenoxy) is 2. The van der Waals surface area contributed by atoms with Crippen LogP contribution in [0, 0.1) is 0 Å². The molecule has 0 unspecified atom stereocenters. The van der Waals surface area contributed by atoms with Crippen molar-refractivity contribution < 1.29 is 19.1 Å². The van der Waals surface area contributed by atoms with Gasteiger partial charge in [-0.1, -0.05) is 36.4 Å². The maximum atomic E-state index is 12.3. The van der Waals surface area contributed by atoms with Crippen molar-refractivity contribution in [3.05, 3.63) is 59.9 Å². The standard InChI is InChI=1S/C21H21N3O4/c1-27-21(26)22-15-9-11-24(12-10-15)13-18-20(25)28-19(23-18)17-8-4-6-14-5-2-3-7-16(14)17/h2-8,13,15H,9-12H2,1H3,(H,22,26)/b18-13+. The fraction of sp³-hybridized carbons (Fsp3) is 0.286. The van der Waals surface area contributed by atoms with Crippen LogP contribution in [0.1, 0.15) is 18.4 Å². The highest BCUT2D eigenvalue weighted by Gasteiger charge is 2.27. The summed E-state index contributed by atoms with van der Waals surface area (Å²) < 4.78 is 10.1. The van der Waals surface area contributed by atoms with E-state index < -0.39 is 12.1 Å². The van der Waals surface area contributed by atoms with Crippen LogP contribution >= 0.6 is 0 Å². The fourth-order valence-corrected chi connectivity index (χ4v) is 3.50. The maximum absolute atomic E-state index is 12.3.